The summed E-state index contributed by atoms with van der Waals surface area (Å²) in [6, 6.07) is 0. The summed E-state index contributed by atoms with van der Waals surface area (Å²) in [5.41, 5.74) is 0.667. The number of allylic oxidation sites excluding steroid dienone is 1. The molecule has 0 aliphatic heterocycles. The summed E-state index contributed by atoms with van der Waals surface area (Å²) in [6.07, 6.45) is 1.59. The third-order valence-electron chi connectivity index (χ3n) is 2.45. The lowest BCUT2D eigenvalue weighted by Gasteiger charge is -2.35. The molecule has 0 aromatic heterocycles. The minimum absolute atomic E-state index is 0.151. The predicted molar refractivity (Wildman–Crippen MR) is 57.8 cm³/mol. The van der Waals surface area contributed by atoms with E-state index in [9.17, 15) is 9.59 Å². The summed E-state index contributed by atoms with van der Waals surface area (Å²) in [5.74, 6) is -0.916. The van der Waals surface area contributed by atoms with Crippen LogP contribution >= 0.6 is 11.6 Å². The van der Waals surface area contributed by atoms with Crippen molar-refractivity contribution in [1.29, 1.82) is 0 Å². The van der Waals surface area contributed by atoms with Gasteiger partial charge < -0.3 is 4.74 Å². The van der Waals surface area contributed by atoms with Crippen LogP contribution in [0.2, 0.25) is 0 Å². The number of hydrogen-bond acceptors (Lipinski definition) is 3. The van der Waals surface area contributed by atoms with E-state index < -0.39 is 12.1 Å². The van der Waals surface area contributed by atoms with Crippen LogP contribution in [-0.4, -0.2) is 23.7 Å². The van der Waals surface area contributed by atoms with E-state index in [0.717, 1.165) is 12.0 Å². The molecule has 1 aliphatic rings. The van der Waals surface area contributed by atoms with Crippen LogP contribution in [0.25, 0.3) is 0 Å². The van der Waals surface area contributed by atoms with Crippen molar-refractivity contribution in [2.24, 2.45) is 5.41 Å². The van der Waals surface area contributed by atoms with Gasteiger partial charge in [-0.05, 0) is 19.4 Å². The molecule has 0 N–H and O–H groups in total. The summed E-state index contributed by atoms with van der Waals surface area (Å²) in [5, 5.41) is 0. The van der Waals surface area contributed by atoms with Gasteiger partial charge in [0.2, 0.25) is 0 Å². The zero-order valence-electron chi connectivity index (χ0n) is 9.17. The molecule has 0 radical (unpaired) electrons. The molecule has 0 aromatic carbocycles. The van der Waals surface area contributed by atoms with Crippen molar-refractivity contribution in [2.45, 2.75) is 33.3 Å². The quantitative estimate of drug-likeness (QED) is 0.539. The first-order valence-electron chi connectivity index (χ1n) is 4.83. The molecule has 84 valence electrons. The van der Waals surface area contributed by atoms with Crippen molar-refractivity contribution < 1.29 is 14.3 Å². The van der Waals surface area contributed by atoms with Gasteiger partial charge in [0.05, 0.1) is 0 Å². The number of ether oxygens (including phenoxy) is 1. The minimum atomic E-state index is -0.701. The summed E-state index contributed by atoms with van der Waals surface area (Å²) in [6.45, 7) is 5.72. The second kappa shape index (κ2) is 4.35. The van der Waals surface area contributed by atoms with Crippen molar-refractivity contribution in [1.82, 2.24) is 0 Å². The normalized spacial score (nSPS) is 24.7. The molecular formula is C11H15ClO3. The number of carbonyl (C=O) groups is 2. The fourth-order valence-electron chi connectivity index (χ4n) is 1.95. The average molecular weight is 231 g/mol. The molecule has 0 spiro atoms. The van der Waals surface area contributed by atoms with Crippen molar-refractivity contribution in [3.05, 3.63) is 11.6 Å². The van der Waals surface area contributed by atoms with Gasteiger partial charge in [0.15, 0.2) is 11.9 Å². The fourth-order valence-corrected chi connectivity index (χ4v) is 2.01. The molecular weight excluding hydrogens is 216 g/mol. The Balaban J connectivity index is 2.86. The molecule has 15 heavy (non-hydrogen) atoms. The third-order valence-corrected chi connectivity index (χ3v) is 2.67. The molecule has 0 fully saturated rings. The zero-order chi connectivity index (χ0) is 11.6. The van der Waals surface area contributed by atoms with Gasteiger partial charge in [-0.2, -0.15) is 0 Å². The topological polar surface area (TPSA) is 43.4 Å². The Bertz CT molecular complexity index is 318. The molecule has 1 atom stereocenters. The molecule has 1 unspecified atom stereocenters. The van der Waals surface area contributed by atoms with E-state index in [2.05, 4.69) is 0 Å². The van der Waals surface area contributed by atoms with Gasteiger partial charge >= 0.3 is 5.97 Å². The van der Waals surface area contributed by atoms with Gasteiger partial charge in [0.25, 0.3) is 0 Å². The van der Waals surface area contributed by atoms with E-state index in [1.165, 1.54) is 6.08 Å². The standard InChI is InChI=1S/C11H15ClO3/c1-7-4-8(13)10(11(2,3)5-7)15-9(14)6-12/h4,10H,5-6H2,1-3H3. The Morgan fingerprint density at radius 3 is 2.73 bits per heavy atom. The largest absolute Gasteiger partial charge is 0.452 e. The molecule has 4 heteroatoms. The number of rotatable bonds is 2. The van der Waals surface area contributed by atoms with Crippen LogP contribution in [-0.2, 0) is 14.3 Å². The van der Waals surface area contributed by atoms with Crippen molar-refractivity contribution in [3.63, 3.8) is 0 Å². The molecule has 0 heterocycles. The third kappa shape index (κ3) is 2.81. The van der Waals surface area contributed by atoms with E-state index in [0.29, 0.717) is 0 Å². The molecule has 1 rings (SSSR count). The second-order valence-corrected chi connectivity index (χ2v) is 4.83. The van der Waals surface area contributed by atoms with Crippen LogP contribution in [0.4, 0.5) is 0 Å². The van der Waals surface area contributed by atoms with Gasteiger partial charge in [0.1, 0.15) is 5.88 Å². The van der Waals surface area contributed by atoms with Crippen LogP contribution in [0.1, 0.15) is 27.2 Å². The lowest BCUT2D eigenvalue weighted by Crippen LogP contribution is -2.42. The van der Waals surface area contributed by atoms with Crippen LogP contribution in [0, 0.1) is 5.41 Å². The number of ketones is 1. The lowest BCUT2D eigenvalue weighted by atomic mass is 9.74. The molecule has 0 saturated carbocycles. The SMILES string of the molecule is CC1=CC(=O)C(OC(=O)CCl)C(C)(C)C1. The first kappa shape index (κ1) is 12.2. The predicted octanol–water partition coefficient (Wildman–Crippen LogP) is 2.08. The van der Waals surface area contributed by atoms with Gasteiger partial charge in [-0.15, -0.1) is 11.6 Å². The monoisotopic (exact) mass is 230 g/mol. The number of carbonyl (C=O) groups excluding carboxylic acids is 2. The molecule has 0 bridgehead atoms. The Labute approximate surface area is 94.4 Å². The van der Waals surface area contributed by atoms with E-state index in [1.807, 2.05) is 20.8 Å². The first-order valence-corrected chi connectivity index (χ1v) is 5.37. The van der Waals surface area contributed by atoms with Crippen LogP contribution in [0.3, 0.4) is 0 Å². The smallest absolute Gasteiger partial charge is 0.321 e. The van der Waals surface area contributed by atoms with E-state index in [-0.39, 0.29) is 17.1 Å². The van der Waals surface area contributed by atoms with E-state index in [1.54, 1.807) is 0 Å². The molecule has 3 nitrogen and oxygen atoms in total. The average Bonchev–Trinajstić information content (AvgIpc) is 2.09. The van der Waals surface area contributed by atoms with Crippen LogP contribution < -0.4 is 0 Å². The number of esters is 1. The van der Waals surface area contributed by atoms with Crippen molar-refractivity contribution in [2.75, 3.05) is 5.88 Å². The van der Waals surface area contributed by atoms with Gasteiger partial charge in [0, 0.05) is 5.41 Å². The van der Waals surface area contributed by atoms with Crippen LogP contribution in [0.15, 0.2) is 11.6 Å². The number of alkyl halides is 1. The highest BCUT2D eigenvalue weighted by molar-refractivity contribution is 6.26. The molecule has 0 saturated heterocycles. The summed E-state index contributed by atoms with van der Waals surface area (Å²) in [7, 11) is 0. The minimum Gasteiger partial charge on any atom is -0.452 e. The molecule has 0 amide bonds. The Hall–Kier alpha value is -0.830. The maximum atomic E-state index is 11.7. The van der Waals surface area contributed by atoms with Gasteiger partial charge in [-0.1, -0.05) is 19.4 Å². The van der Waals surface area contributed by atoms with Gasteiger partial charge in [-0.3, -0.25) is 9.59 Å². The van der Waals surface area contributed by atoms with E-state index in [4.69, 9.17) is 16.3 Å². The number of hydrogen-bond donors (Lipinski definition) is 0. The first-order chi connectivity index (χ1) is 6.86. The van der Waals surface area contributed by atoms with Crippen molar-refractivity contribution >= 4 is 23.4 Å². The summed E-state index contributed by atoms with van der Waals surface area (Å²) < 4.78 is 5.05. The molecule has 0 aromatic rings. The zero-order valence-corrected chi connectivity index (χ0v) is 9.93. The Kier molecular flexibility index (Phi) is 3.55. The highest BCUT2D eigenvalue weighted by atomic mass is 35.5. The van der Waals surface area contributed by atoms with E-state index >= 15 is 0 Å². The summed E-state index contributed by atoms with van der Waals surface area (Å²) in [4.78, 5) is 22.7. The van der Waals surface area contributed by atoms with Gasteiger partial charge in [-0.25, -0.2) is 0 Å². The maximum Gasteiger partial charge on any atom is 0.321 e. The van der Waals surface area contributed by atoms with Crippen LogP contribution in [0.5, 0.6) is 0 Å². The maximum absolute atomic E-state index is 11.7. The Morgan fingerprint density at radius 2 is 2.27 bits per heavy atom. The molecule has 1 aliphatic carbocycles. The highest BCUT2D eigenvalue weighted by Gasteiger charge is 2.40. The highest BCUT2D eigenvalue weighted by Crippen LogP contribution is 2.35. The Morgan fingerprint density at radius 1 is 1.67 bits per heavy atom. The summed E-state index contributed by atoms with van der Waals surface area (Å²) >= 11 is 5.34. The van der Waals surface area contributed by atoms with Crippen molar-refractivity contribution in [3.8, 4) is 0 Å². The number of halogens is 1. The fraction of sp³-hybridized carbons (Fsp3) is 0.636. The second-order valence-electron chi connectivity index (χ2n) is 4.56. The lowest BCUT2D eigenvalue weighted by molar-refractivity contribution is -0.158.